The van der Waals surface area contributed by atoms with Gasteiger partial charge in [-0.3, -0.25) is 9.89 Å². The minimum Gasteiger partial charge on any atom is -0.460 e. The number of rotatable bonds is 7. The van der Waals surface area contributed by atoms with E-state index in [1.54, 1.807) is 19.1 Å². The van der Waals surface area contributed by atoms with Gasteiger partial charge in [-0.1, -0.05) is 5.92 Å². The summed E-state index contributed by atoms with van der Waals surface area (Å²) in [5, 5.41) is 10.4. The Kier molecular flexibility index (Phi) is 5.10. The Bertz CT molecular complexity index is 1120. The number of nitrogens with zero attached hydrogens (tertiary/aromatic N) is 3. The molecule has 1 aliphatic carbocycles. The lowest BCUT2D eigenvalue weighted by molar-refractivity contribution is -0.137. The molecule has 3 aromatic rings. The van der Waals surface area contributed by atoms with Crippen LogP contribution in [-0.4, -0.2) is 38.5 Å². The van der Waals surface area contributed by atoms with E-state index < -0.39 is 11.8 Å². The van der Waals surface area contributed by atoms with Gasteiger partial charge in [-0.05, 0) is 31.9 Å². The number of aromatic nitrogens is 4. The molecule has 0 radical (unpaired) electrons. The van der Waals surface area contributed by atoms with Crippen LogP contribution >= 0.6 is 11.3 Å². The minimum absolute atomic E-state index is 0.143. The number of H-pyrrole nitrogens is 1. The summed E-state index contributed by atoms with van der Waals surface area (Å²) >= 11 is 1.12. The van der Waals surface area contributed by atoms with Gasteiger partial charge in [-0.2, -0.15) is 5.10 Å². The second kappa shape index (κ2) is 7.85. The van der Waals surface area contributed by atoms with Crippen molar-refractivity contribution in [1.29, 1.82) is 0 Å². The van der Waals surface area contributed by atoms with Crippen molar-refractivity contribution in [2.24, 2.45) is 0 Å². The maximum Gasteiger partial charge on any atom is 0.380 e. The molecule has 0 unspecified atom stereocenters. The summed E-state index contributed by atoms with van der Waals surface area (Å²) in [7, 11) is 0. The molecule has 0 saturated heterocycles. The van der Waals surface area contributed by atoms with Gasteiger partial charge < -0.3 is 10.1 Å². The van der Waals surface area contributed by atoms with Gasteiger partial charge in [0.2, 0.25) is 0 Å². The van der Waals surface area contributed by atoms with Crippen molar-refractivity contribution in [2.75, 3.05) is 11.9 Å². The van der Waals surface area contributed by atoms with E-state index in [0.29, 0.717) is 33.8 Å². The zero-order valence-electron chi connectivity index (χ0n) is 15.6. The Hall–Kier alpha value is -3.51. The summed E-state index contributed by atoms with van der Waals surface area (Å²) < 4.78 is 4.76. The van der Waals surface area contributed by atoms with Gasteiger partial charge in [-0.15, -0.1) is 17.8 Å². The summed E-state index contributed by atoms with van der Waals surface area (Å²) in [6.45, 7) is 1.79. The molecule has 4 rings (SSSR count). The van der Waals surface area contributed by atoms with Gasteiger partial charge >= 0.3 is 5.97 Å². The zero-order valence-corrected chi connectivity index (χ0v) is 16.4. The quantitative estimate of drug-likeness (QED) is 0.268. The molecular weight excluding hydrogens is 390 g/mol. The Morgan fingerprint density at radius 3 is 2.97 bits per heavy atom. The number of carbonyl (C=O) groups excluding carboxylic acids is 2. The van der Waals surface area contributed by atoms with Crippen molar-refractivity contribution in [3.05, 3.63) is 40.5 Å². The van der Waals surface area contributed by atoms with Crippen molar-refractivity contribution in [3.8, 4) is 23.0 Å². The number of esters is 1. The van der Waals surface area contributed by atoms with Crippen molar-refractivity contribution in [1.82, 2.24) is 20.2 Å². The molecule has 0 aliphatic heterocycles. The molecule has 8 nitrogen and oxygen atoms in total. The van der Waals surface area contributed by atoms with E-state index >= 15 is 0 Å². The van der Waals surface area contributed by atoms with E-state index in [1.165, 1.54) is 19.0 Å². The van der Waals surface area contributed by atoms with Crippen LogP contribution in [-0.2, 0) is 9.53 Å². The molecule has 1 saturated carbocycles. The molecular formula is C20H17N5O3S. The number of thiophene rings is 1. The summed E-state index contributed by atoms with van der Waals surface area (Å²) in [6.07, 6.45) is 9.44. The van der Waals surface area contributed by atoms with E-state index in [4.69, 9.17) is 11.2 Å². The average Bonchev–Trinajstić information content (AvgIpc) is 3.27. The third kappa shape index (κ3) is 4.02. The largest absolute Gasteiger partial charge is 0.460 e. The molecule has 1 fully saturated rings. The number of hydrogen-bond acceptors (Lipinski definition) is 8. The SMILES string of the molecule is C#Cc1cnc(-c2ccc(C(=O)C(=O)OCC)s2)nc1Nc1cc(C2CC2)[nH]n1. The van der Waals surface area contributed by atoms with E-state index in [2.05, 4.69) is 31.4 Å². The third-order valence-corrected chi connectivity index (χ3v) is 5.40. The number of terminal acetylenes is 1. The predicted octanol–water partition coefficient (Wildman–Crippen LogP) is 3.28. The fourth-order valence-corrected chi connectivity index (χ4v) is 3.58. The van der Waals surface area contributed by atoms with E-state index in [1.807, 2.05) is 6.07 Å². The predicted molar refractivity (Wildman–Crippen MR) is 108 cm³/mol. The number of anilines is 2. The summed E-state index contributed by atoms with van der Waals surface area (Å²) in [5.41, 5.74) is 1.58. The van der Waals surface area contributed by atoms with Crippen LogP contribution < -0.4 is 5.32 Å². The molecule has 29 heavy (non-hydrogen) atoms. The van der Waals surface area contributed by atoms with Gasteiger partial charge in [0.1, 0.15) is 0 Å². The number of nitrogens with one attached hydrogen (secondary N) is 2. The van der Waals surface area contributed by atoms with Gasteiger partial charge in [0.15, 0.2) is 17.5 Å². The number of aromatic amines is 1. The highest BCUT2D eigenvalue weighted by Crippen LogP contribution is 2.39. The number of carbonyl (C=O) groups is 2. The fraction of sp³-hybridized carbons (Fsp3) is 0.250. The van der Waals surface area contributed by atoms with Crippen LogP contribution in [0.2, 0.25) is 0 Å². The molecule has 3 heterocycles. The fourth-order valence-electron chi connectivity index (χ4n) is 2.70. The van der Waals surface area contributed by atoms with Crippen LogP contribution in [0.15, 0.2) is 24.4 Å². The van der Waals surface area contributed by atoms with Gasteiger partial charge in [0.25, 0.3) is 5.78 Å². The van der Waals surface area contributed by atoms with Crippen molar-refractivity contribution in [2.45, 2.75) is 25.7 Å². The minimum atomic E-state index is -0.878. The smallest absolute Gasteiger partial charge is 0.380 e. The summed E-state index contributed by atoms with van der Waals surface area (Å²) in [5.74, 6) is 2.98. The molecule has 3 aromatic heterocycles. The van der Waals surface area contributed by atoms with Crippen LogP contribution in [0.3, 0.4) is 0 Å². The number of ketones is 1. The lowest BCUT2D eigenvalue weighted by Gasteiger charge is -2.06. The second-order valence-corrected chi connectivity index (χ2v) is 7.51. The van der Waals surface area contributed by atoms with Gasteiger partial charge in [0.05, 0.1) is 21.9 Å². The Morgan fingerprint density at radius 2 is 2.24 bits per heavy atom. The maximum absolute atomic E-state index is 12.1. The topological polar surface area (TPSA) is 110 Å². The molecule has 0 aromatic carbocycles. The van der Waals surface area contributed by atoms with Crippen LogP contribution in [0.5, 0.6) is 0 Å². The Morgan fingerprint density at radius 1 is 1.41 bits per heavy atom. The zero-order chi connectivity index (χ0) is 20.4. The first kappa shape index (κ1) is 18.8. The molecule has 1 aliphatic rings. The molecule has 0 amide bonds. The van der Waals surface area contributed by atoms with Crippen LogP contribution in [0.1, 0.15) is 46.6 Å². The van der Waals surface area contributed by atoms with Crippen LogP contribution in [0.25, 0.3) is 10.7 Å². The highest BCUT2D eigenvalue weighted by molar-refractivity contribution is 7.18. The highest BCUT2D eigenvalue weighted by atomic mass is 32.1. The van der Waals surface area contributed by atoms with Gasteiger partial charge in [-0.25, -0.2) is 14.8 Å². The lowest BCUT2D eigenvalue weighted by atomic mass is 10.3. The maximum atomic E-state index is 12.1. The number of Topliss-reactive ketones (excluding diaryl/α,β-unsaturated/α-hetero) is 1. The van der Waals surface area contributed by atoms with Crippen LogP contribution in [0.4, 0.5) is 11.6 Å². The molecule has 0 atom stereocenters. The van der Waals surface area contributed by atoms with Crippen molar-refractivity contribution < 1.29 is 14.3 Å². The molecule has 0 bridgehead atoms. The Balaban J connectivity index is 1.58. The average molecular weight is 407 g/mol. The highest BCUT2D eigenvalue weighted by Gasteiger charge is 2.26. The monoisotopic (exact) mass is 407 g/mol. The first-order valence-electron chi connectivity index (χ1n) is 9.06. The van der Waals surface area contributed by atoms with E-state index in [0.717, 1.165) is 17.0 Å². The van der Waals surface area contributed by atoms with E-state index in [9.17, 15) is 9.59 Å². The second-order valence-electron chi connectivity index (χ2n) is 6.42. The Labute approximate surface area is 170 Å². The summed E-state index contributed by atoms with van der Waals surface area (Å²) in [4.78, 5) is 33.4. The first-order chi connectivity index (χ1) is 14.1. The van der Waals surface area contributed by atoms with Gasteiger partial charge in [0, 0.05) is 23.9 Å². The molecule has 9 heteroatoms. The van der Waals surface area contributed by atoms with Crippen molar-refractivity contribution >= 4 is 34.7 Å². The number of hydrogen-bond donors (Lipinski definition) is 2. The lowest BCUT2D eigenvalue weighted by Crippen LogP contribution is -2.16. The standard InChI is InChI=1S/C20H17N5O3S/c1-3-11-10-21-19(15-8-7-14(29-15)17(26)20(27)28-4-2)23-18(11)22-16-9-13(24-25-16)12-5-6-12/h1,7-10,12H,4-6H2,2H3,(H2,21,22,23,24,25). The van der Waals surface area contributed by atoms with E-state index in [-0.39, 0.29) is 11.5 Å². The van der Waals surface area contributed by atoms with Crippen LogP contribution in [0, 0.1) is 12.3 Å². The number of ether oxygens (including phenoxy) is 1. The molecule has 0 spiro atoms. The molecule has 2 N–H and O–H groups in total. The summed E-state index contributed by atoms with van der Waals surface area (Å²) in [6, 6.07) is 5.19. The first-order valence-corrected chi connectivity index (χ1v) is 9.88. The normalized spacial score (nSPS) is 13.0. The molecule has 146 valence electrons. The third-order valence-electron chi connectivity index (χ3n) is 4.32. The van der Waals surface area contributed by atoms with Crippen molar-refractivity contribution in [3.63, 3.8) is 0 Å².